The Balaban J connectivity index is 1.43. The Kier molecular flexibility index (Phi) is 4.09. The van der Waals surface area contributed by atoms with Crippen LogP contribution in [-0.4, -0.2) is 18.2 Å². The van der Waals surface area contributed by atoms with Crippen molar-refractivity contribution in [2.24, 2.45) is 0 Å². The van der Waals surface area contributed by atoms with E-state index in [9.17, 15) is 9.59 Å². The molecular weight excluding hydrogens is 366 g/mol. The van der Waals surface area contributed by atoms with E-state index in [1.54, 1.807) is 60.7 Å². The molecule has 1 aliphatic heterocycles. The van der Waals surface area contributed by atoms with Crippen LogP contribution in [0.15, 0.2) is 66.7 Å². The third kappa shape index (κ3) is 2.87. The molecule has 5 nitrogen and oxygen atoms in total. The number of benzene rings is 3. The highest BCUT2D eigenvalue weighted by Gasteiger charge is 2.33. The predicted octanol–water partition coefficient (Wildman–Crippen LogP) is 4.12. The molecule has 2 aliphatic rings. The standard InChI is InChI=1S/C24H15NO4/c25-12-14-5-7-15(8-6-14)24-28-13-21(29-24)16-9-10-19-20(11-16)23(27)18-4-2-1-3-17(18)22(19)26/h1-11,21,24H,13H2. The fourth-order valence-electron chi connectivity index (χ4n) is 3.78. The lowest BCUT2D eigenvalue weighted by Crippen LogP contribution is -2.21. The number of nitriles is 1. The lowest BCUT2D eigenvalue weighted by molar-refractivity contribution is -0.0607. The van der Waals surface area contributed by atoms with E-state index in [2.05, 4.69) is 6.07 Å². The van der Waals surface area contributed by atoms with Crippen LogP contribution in [0.1, 0.15) is 60.9 Å². The average Bonchev–Trinajstić information content (AvgIpc) is 3.27. The molecule has 0 bridgehead atoms. The van der Waals surface area contributed by atoms with Crippen LogP contribution in [0.2, 0.25) is 0 Å². The van der Waals surface area contributed by atoms with Gasteiger partial charge >= 0.3 is 0 Å². The van der Waals surface area contributed by atoms with E-state index in [1.807, 2.05) is 6.07 Å². The van der Waals surface area contributed by atoms with Crippen molar-refractivity contribution < 1.29 is 19.1 Å². The summed E-state index contributed by atoms with van der Waals surface area (Å²) in [5, 5.41) is 8.92. The maximum Gasteiger partial charge on any atom is 0.194 e. The second-order valence-corrected chi connectivity index (χ2v) is 7.03. The molecule has 1 heterocycles. The summed E-state index contributed by atoms with van der Waals surface area (Å²) >= 11 is 0. The molecule has 2 unspecified atom stereocenters. The summed E-state index contributed by atoms with van der Waals surface area (Å²) in [6, 6.07) is 21.3. The van der Waals surface area contributed by atoms with Crippen LogP contribution < -0.4 is 0 Å². The topological polar surface area (TPSA) is 76.4 Å². The van der Waals surface area contributed by atoms with E-state index in [-0.39, 0.29) is 17.7 Å². The third-order valence-corrected chi connectivity index (χ3v) is 5.32. The van der Waals surface area contributed by atoms with Gasteiger partial charge in [0.2, 0.25) is 0 Å². The first-order valence-electron chi connectivity index (χ1n) is 9.25. The zero-order valence-electron chi connectivity index (χ0n) is 15.3. The molecule has 29 heavy (non-hydrogen) atoms. The molecule has 3 aromatic rings. The van der Waals surface area contributed by atoms with Gasteiger partial charge in [-0.2, -0.15) is 5.26 Å². The summed E-state index contributed by atoms with van der Waals surface area (Å²) in [7, 11) is 0. The first-order valence-corrected chi connectivity index (χ1v) is 9.25. The third-order valence-electron chi connectivity index (χ3n) is 5.32. The van der Waals surface area contributed by atoms with Crippen molar-refractivity contribution in [2.75, 3.05) is 6.61 Å². The fourth-order valence-corrected chi connectivity index (χ4v) is 3.78. The SMILES string of the molecule is N#Cc1ccc(C2OCC(c3ccc4c(c3)C(=O)c3ccccc3C4=O)O2)cc1. The first kappa shape index (κ1) is 17.5. The number of ether oxygens (including phenoxy) is 2. The van der Waals surface area contributed by atoms with Crippen molar-refractivity contribution in [1.82, 2.24) is 0 Å². The Bertz CT molecular complexity index is 1190. The Morgan fingerprint density at radius 1 is 0.793 bits per heavy atom. The second kappa shape index (κ2) is 6.78. The smallest absolute Gasteiger partial charge is 0.194 e. The Morgan fingerprint density at radius 3 is 2.10 bits per heavy atom. The summed E-state index contributed by atoms with van der Waals surface area (Å²) in [5.74, 6) is -0.291. The van der Waals surface area contributed by atoms with Gasteiger partial charge in [-0.15, -0.1) is 0 Å². The van der Waals surface area contributed by atoms with E-state index in [0.717, 1.165) is 11.1 Å². The van der Waals surface area contributed by atoms with Crippen molar-refractivity contribution >= 4 is 11.6 Å². The summed E-state index contributed by atoms with van der Waals surface area (Å²) < 4.78 is 11.8. The number of carbonyl (C=O) groups is 2. The van der Waals surface area contributed by atoms with Gasteiger partial charge in [-0.1, -0.05) is 42.5 Å². The van der Waals surface area contributed by atoms with E-state index in [4.69, 9.17) is 14.7 Å². The van der Waals surface area contributed by atoms with Crippen LogP contribution in [0.4, 0.5) is 0 Å². The minimum absolute atomic E-state index is 0.138. The summed E-state index contributed by atoms with van der Waals surface area (Å²) in [6.45, 7) is 0.335. The number of nitrogens with zero attached hydrogens (tertiary/aromatic N) is 1. The molecule has 0 spiro atoms. The maximum atomic E-state index is 12.9. The van der Waals surface area contributed by atoms with Gasteiger partial charge in [0.1, 0.15) is 6.10 Å². The number of hydrogen-bond donors (Lipinski definition) is 0. The zero-order valence-corrected chi connectivity index (χ0v) is 15.3. The van der Waals surface area contributed by atoms with Gasteiger partial charge in [0.15, 0.2) is 17.9 Å². The van der Waals surface area contributed by atoms with Gasteiger partial charge in [-0.25, -0.2) is 0 Å². The van der Waals surface area contributed by atoms with Gasteiger partial charge < -0.3 is 9.47 Å². The lowest BCUT2D eigenvalue weighted by atomic mass is 9.83. The first-order chi connectivity index (χ1) is 14.2. The van der Waals surface area contributed by atoms with E-state index in [1.165, 1.54) is 0 Å². The number of rotatable bonds is 2. The Labute approximate surface area is 167 Å². The van der Waals surface area contributed by atoms with Crippen LogP contribution in [0.25, 0.3) is 0 Å². The van der Waals surface area contributed by atoms with Crippen LogP contribution in [0.5, 0.6) is 0 Å². The molecule has 3 aromatic carbocycles. The van der Waals surface area contributed by atoms with Gasteiger partial charge in [0.05, 0.1) is 18.2 Å². The highest BCUT2D eigenvalue weighted by atomic mass is 16.7. The Hall–Kier alpha value is -3.59. The van der Waals surface area contributed by atoms with E-state index < -0.39 is 6.29 Å². The van der Waals surface area contributed by atoms with Gasteiger partial charge in [-0.3, -0.25) is 9.59 Å². The number of ketones is 2. The van der Waals surface area contributed by atoms with Crippen LogP contribution in [-0.2, 0) is 9.47 Å². The molecule has 1 aliphatic carbocycles. The minimum atomic E-state index is -0.540. The monoisotopic (exact) mass is 381 g/mol. The predicted molar refractivity (Wildman–Crippen MR) is 103 cm³/mol. The second-order valence-electron chi connectivity index (χ2n) is 7.03. The largest absolute Gasteiger partial charge is 0.345 e. The molecule has 140 valence electrons. The molecule has 5 heteroatoms. The average molecular weight is 381 g/mol. The van der Waals surface area contributed by atoms with Crippen LogP contribution in [0.3, 0.4) is 0 Å². The highest BCUT2D eigenvalue weighted by molar-refractivity contribution is 6.28. The number of fused-ring (bicyclic) bond motifs is 2. The van der Waals surface area contributed by atoms with Crippen molar-refractivity contribution in [3.8, 4) is 6.07 Å². The zero-order chi connectivity index (χ0) is 20.0. The van der Waals surface area contributed by atoms with Gasteiger partial charge in [-0.05, 0) is 29.8 Å². The molecule has 1 fully saturated rings. The lowest BCUT2D eigenvalue weighted by Gasteiger charge is -2.19. The van der Waals surface area contributed by atoms with Gasteiger partial charge in [0.25, 0.3) is 0 Å². The minimum Gasteiger partial charge on any atom is -0.345 e. The van der Waals surface area contributed by atoms with Crippen LogP contribution in [0, 0.1) is 11.3 Å². The molecular formula is C24H15NO4. The van der Waals surface area contributed by atoms with E-state index >= 15 is 0 Å². The molecule has 0 aromatic heterocycles. The number of carbonyl (C=O) groups excluding carboxylic acids is 2. The van der Waals surface area contributed by atoms with Crippen LogP contribution >= 0.6 is 0 Å². The molecule has 0 amide bonds. The molecule has 1 saturated heterocycles. The van der Waals surface area contributed by atoms with Gasteiger partial charge in [0, 0.05) is 27.8 Å². The summed E-state index contributed by atoms with van der Waals surface area (Å²) in [5.41, 5.74) is 3.88. The summed E-state index contributed by atoms with van der Waals surface area (Å²) in [4.78, 5) is 25.7. The fraction of sp³-hybridized carbons (Fsp3) is 0.125. The molecule has 2 atom stereocenters. The number of hydrogen-bond acceptors (Lipinski definition) is 5. The summed E-state index contributed by atoms with van der Waals surface area (Å²) in [6.07, 6.45) is -0.886. The van der Waals surface area contributed by atoms with Crippen molar-refractivity contribution in [3.63, 3.8) is 0 Å². The normalized spacial score (nSPS) is 20.1. The molecule has 0 radical (unpaired) electrons. The van der Waals surface area contributed by atoms with Crippen molar-refractivity contribution in [3.05, 3.63) is 106 Å². The maximum absolute atomic E-state index is 12.9. The molecule has 0 saturated carbocycles. The molecule has 5 rings (SSSR count). The Morgan fingerprint density at radius 2 is 1.41 bits per heavy atom. The van der Waals surface area contributed by atoms with Crippen molar-refractivity contribution in [1.29, 1.82) is 5.26 Å². The van der Waals surface area contributed by atoms with Crippen molar-refractivity contribution in [2.45, 2.75) is 12.4 Å². The quantitative estimate of drug-likeness (QED) is 0.522. The molecule has 0 N–H and O–H groups in total. The highest BCUT2D eigenvalue weighted by Crippen LogP contribution is 2.37. The van der Waals surface area contributed by atoms with E-state index in [0.29, 0.717) is 34.4 Å².